The van der Waals surface area contributed by atoms with Crippen molar-refractivity contribution in [2.45, 2.75) is 45.7 Å². The van der Waals surface area contributed by atoms with Crippen molar-refractivity contribution in [2.75, 3.05) is 24.5 Å². The van der Waals surface area contributed by atoms with Crippen LogP contribution in [-0.4, -0.2) is 50.6 Å². The van der Waals surface area contributed by atoms with Gasteiger partial charge in [0.2, 0.25) is 0 Å². The van der Waals surface area contributed by atoms with Gasteiger partial charge in [0.1, 0.15) is 17.0 Å². The van der Waals surface area contributed by atoms with E-state index in [1.807, 2.05) is 10.9 Å². The minimum absolute atomic E-state index is 0.588. The lowest BCUT2D eigenvalue weighted by molar-refractivity contribution is 0.402. The van der Waals surface area contributed by atoms with E-state index in [-0.39, 0.29) is 0 Å². The molecular formula is C18H25N7S. The van der Waals surface area contributed by atoms with Crippen molar-refractivity contribution < 1.29 is 0 Å². The van der Waals surface area contributed by atoms with Gasteiger partial charge in [0.25, 0.3) is 0 Å². The van der Waals surface area contributed by atoms with E-state index < -0.39 is 0 Å². The van der Waals surface area contributed by atoms with E-state index in [4.69, 9.17) is 0 Å². The third kappa shape index (κ3) is 3.57. The number of nitrogens with one attached hydrogen (secondary N) is 1. The zero-order valence-corrected chi connectivity index (χ0v) is 16.2. The first-order chi connectivity index (χ1) is 12.7. The van der Waals surface area contributed by atoms with Gasteiger partial charge in [-0.05, 0) is 45.2 Å². The number of aromatic nitrogens is 5. The molecule has 0 saturated carbocycles. The Kier molecular flexibility index (Phi) is 5.12. The monoisotopic (exact) mass is 371 g/mol. The van der Waals surface area contributed by atoms with Gasteiger partial charge >= 0.3 is 0 Å². The third-order valence-corrected chi connectivity index (χ3v) is 6.32. The smallest absolute Gasteiger partial charge is 0.141 e. The summed E-state index contributed by atoms with van der Waals surface area (Å²) >= 11 is 1.77. The van der Waals surface area contributed by atoms with Crippen LogP contribution in [-0.2, 0) is 6.54 Å². The number of piperidine rings is 1. The van der Waals surface area contributed by atoms with Gasteiger partial charge in [-0.2, -0.15) is 0 Å². The fraction of sp³-hybridized carbons (Fsp3) is 0.556. The number of fused-ring (bicyclic) bond motifs is 1. The fourth-order valence-electron chi connectivity index (χ4n) is 3.60. The molecule has 1 saturated heterocycles. The Morgan fingerprint density at radius 3 is 2.85 bits per heavy atom. The van der Waals surface area contributed by atoms with Crippen LogP contribution in [0.5, 0.6) is 0 Å². The molecule has 0 aliphatic carbocycles. The standard InChI is InChI=1S/C18H25N7S/c1-13-14(2)26-18-16(13)17(20-12-21-18)24-9-4-15(5-10-24)19-6-3-8-25-11-7-22-23-25/h7,11-12,15,19H,3-6,8-10H2,1-2H3. The lowest BCUT2D eigenvalue weighted by Gasteiger charge is -2.33. The maximum atomic E-state index is 4.62. The Morgan fingerprint density at radius 2 is 2.08 bits per heavy atom. The molecule has 0 bridgehead atoms. The van der Waals surface area contributed by atoms with Crippen LogP contribution in [0.4, 0.5) is 5.82 Å². The highest BCUT2D eigenvalue weighted by Crippen LogP contribution is 2.35. The molecule has 0 atom stereocenters. The predicted octanol–water partition coefficient (Wildman–Crippen LogP) is 2.55. The third-order valence-electron chi connectivity index (χ3n) is 5.21. The molecular weight excluding hydrogens is 346 g/mol. The highest BCUT2D eigenvalue weighted by atomic mass is 32.1. The van der Waals surface area contributed by atoms with Crippen molar-refractivity contribution in [1.82, 2.24) is 30.3 Å². The van der Waals surface area contributed by atoms with Crippen LogP contribution in [0, 0.1) is 13.8 Å². The summed E-state index contributed by atoms with van der Waals surface area (Å²) in [5.74, 6) is 1.11. The first-order valence-electron chi connectivity index (χ1n) is 9.25. The minimum Gasteiger partial charge on any atom is -0.356 e. The second-order valence-electron chi connectivity index (χ2n) is 6.90. The Hall–Kier alpha value is -2.06. The van der Waals surface area contributed by atoms with Crippen LogP contribution in [0.15, 0.2) is 18.7 Å². The molecule has 4 heterocycles. The predicted molar refractivity (Wildman–Crippen MR) is 105 cm³/mol. The van der Waals surface area contributed by atoms with Gasteiger partial charge in [-0.25, -0.2) is 9.97 Å². The molecule has 1 aliphatic rings. The summed E-state index contributed by atoms with van der Waals surface area (Å²) in [6.07, 6.45) is 8.72. The van der Waals surface area contributed by atoms with E-state index in [9.17, 15) is 0 Å². The van der Waals surface area contributed by atoms with Gasteiger partial charge < -0.3 is 10.2 Å². The molecule has 26 heavy (non-hydrogen) atoms. The highest BCUT2D eigenvalue weighted by Gasteiger charge is 2.23. The molecule has 0 unspecified atom stereocenters. The Morgan fingerprint density at radius 1 is 1.23 bits per heavy atom. The molecule has 0 aromatic carbocycles. The average Bonchev–Trinajstić information content (AvgIpc) is 3.28. The normalized spacial score (nSPS) is 15.8. The van der Waals surface area contributed by atoms with Crippen molar-refractivity contribution in [3.05, 3.63) is 29.2 Å². The van der Waals surface area contributed by atoms with E-state index >= 15 is 0 Å². The van der Waals surface area contributed by atoms with Gasteiger partial charge in [-0.1, -0.05) is 5.21 Å². The maximum absolute atomic E-state index is 4.62. The Labute approximate surface area is 157 Å². The zero-order valence-electron chi connectivity index (χ0n) is 15.4. The molecule has 7 nitrogen and oxygen atoms in total. The lowest BCUT2D eigenvalue weighted by atomic mass is 10.0. The molecule has 1 fully saturated rings. The number of rotatable bonds is 6. The number of nitrogens with zero attached hydrogens (tertiary/aromatic N) is 6. The van der Waals surface area contributed by atoms with E-state index in [1.54, 1.807) is 23.9 Å². The quantitative estimate of drug-likeness (QED) is 0.672. The van der Waals surface area contributed by atoms with Crippen molar-refractivity contribution >= 4 is 27.4 Å². The summed E-state index contributed by atoms with van der Waals surface area (Å²) < 4.78 is 1.88. The number of hydrogen-bond donors (Lipinski definition) is 1. The van der Waals surface area contributed by atoms with Crippen LogP contribution in [0.1, 0.15) is 29.7 Å². The second kappa shape index (κ2) is 7.67. The first kappa shape index (κ1) is 17.4. The van der Waals surface area contributed by atoms with Gasteiger partial charge in [0, 0.05) is 36.8 Å². The van der Waals surface area contributed by atoms with Gasteiger partial charge in [-0.3, -0.25) is 4.68 Å². The largest absolute Gasteiger partial charge is 0.356 e. The zero-order chi connectivity index (χ0) is 17.9. The molecule has 8 heteroatoms. The van der Waals surface area contributed by atoms with E-state index in [0.29, 0.717) is 6.04 Å². The molecule has 4 rings (SSSR count). The summed E-state index contributed by atoms with van der Waals surface area (Å²) in [5.41, 5.74) is 1.33. The molecule has 0 amide bonds. The number of hydrogen-bond acceptors (Lipinski definition) is 7. The SMILES string of the molecule is Cc1sc2ncnc(N3CCC(NCCCn4ccnn4)CC3)c2c1C. The van der Waals surface area contributed by atoms with Gasteiger partial charge in [0.15, 0.2) is 0 Å². The van der Waals surface area contributed by atoms with Crippen LogP contribution in [0.3, 0.4) is 0 Å². The topological polar surface area (TPSA) is 71.8 Å². The van der Waals surface area contributed by atoms with E-state index in [1.165, 1.54) is 15.8 Å². The van der Waals surface area contributed by atoms with Gasteiger partial charge in [-0.15, -0.1) is 16.4 Å². The highest BCUT2D eigenvalue weighted by molar-refractivity contribution is 7.18. The van der Waals surface area contributed by atoms with Crippen LogP contribution < -0.4 is 10.2 Å². The molecule has 0 radical (unpaired) electrons. The first-order valence-corrected chi connectivity index (χ1v) is 10.1. The van der Waals surface area contributed by atoms with E-state index in [2.05, 4.69) is 44.3 Å². The van der Waals surface area contributed by atoms with Crippen molar-refractivity contribution in [3.63, 3.8) is 0 Å². The lowest BCUT2D eigenvalue weighted by Crippen LogP contribution is -2.43. The minimum atomic E-state index is 0.588. The number of thiophene rings is 1. The van der Waals surface area contributed by atoms with Crippen molar-refractivity contribution in [1.29, 1.82) is 0 Å². The molecule has 1 aliphatic heterocycles. The molecule has 1 N–H and O–H groups in total. The van der Waals surface area contributed by atoms with Crippen LogP contribution in [0.25, 0.3) is 10.2 Å². The van der Waals surface area contributed by atoms with Crippen molar-refractivity contribution in [3.8, 4) is 0 Å². The molecule has 138 valence electrons. The second-order valence-corrected chi connectivity index (χ2v) is 8.10. The molecule has 3 aromatic heterocycles. The van der Waals surface area contributed by atoms with Gasteiger partial charge in [0.05, 0.1) is 11.6 Å². The van der Waals surface area contributed by atoms with Crippen molar-refractivity contribution in [2.24, 2.45) is 0 Å². The summed E-state index contributed by atoms with van der Waals surface area (Å²) in [5, 5.41) is 12.8. The molecule has 3 aromatic rings. The Balaban J connectivity index is 1.31. The number of aryl methyl sites for hydroxylation is 3. The van der Waals surface area contributed by atoms with Crippen LogP contribution in [0.2, 0.25) is 0 Å². The summed E-state index contributed by atoms with van der Waals surface area (Å²) in [6.45, 7) is 8.38. The van der Waals surface area contributed by atoms with Crippen LogP contribution >= 0.6 is 11.3 Å². The summed E-state index contributed by atoms with van der Waals surface area (Å²) in [4.78, 5) is 14.0. The Bertz CT molecular complexity index is 850. The van der Waals surface area contributed by atoms with E-state index in [0.717, 1.165) is 56.1 Å². The summed E-state index contributed by atoms with van der Waals surface area (Å²) in [6, 6.07) is 0.588. The fourth-order valence-corrected chi connectivity index (χ4v) is 4.59. The molecule has 0 spiro atoms. The summed E-state index contributed by atoms with van der Waals surface area (Å²) in [7, 11) is 0. The maximum Gasteiger partial charge on any atom is 0.141 e. The number of anilines is 1. The average molecular weight is 372 g/mol.